The third-order valence-electron chi connectivity index (χ3n) is 5.30. The summed E-state index contributed by atoms with van der Waals surface area (Å²) in [6, 6.07) is 8.46. The first-order valence-electron chi connectivity index (χ1n) is 10.0. The van der Waals surface area contributed by atoms with Crippen LogP contribution in [0.1, 0.15) is 42.3 Å². The first kappa shape index (κ1) is 21.7. The van der Waals surface area contributed by atoms with Crippen LogP contribution in [0.3, 0.4) is 0 Å². The molecule has 1 saturated heterocycles. The number of rotatable bonds is 2. The predicted molar refractivity (Wildman–Crippen MR) is 117 cm³/mol. The zero-order chi connectivity index (χ0) is 22.4. The molecule has 2 aliphatic rings. The molecule has 1 aromatic heterocycles. The predicted octanol–water partition coefficient (Wildman–Crippen LogP) is 4.29. The second-order valence-corrected chi connectivity index (χ2v) is 9.68. The van der Waals surface area contributed by atoms with E-state index >= 15 is 4.39 Å². The number of anilines is 1. The molecule has 3 heterocycles. The number of halogens is 2. The van der Waals surface area contributed by atoms with Crippen LogP contribution in [0.4, 0.5) is 15.0 Å². The standard InChI is InChI=1S/C22H24BrFN4O3/c1-21(2,3)31-20(30)27-8-9-28-12-15-5-4-14(10-17(15)22(28,24)13-27)19(29)26-18-11-16(23)6-7-25-18/h4-7,10-11H,8-9,12-13H2,1-3H3,(H,25,26,29). The number of aromatic nitrogens is 1. The molecule has 0 saturated carbocycles. The summed E-state index contributed by atoms with van der Waals surface area (Å²) in [7, 11) is 0. The van der Waals surface area contributed by atoms with Gasteiger partial charge in [0.05, 0.1) is 6.54 Å². The number of hydrogen-bond acceptors (Lipinski definition) is 5. The van der Waals surface area contributed by atoms with Gasteiger partial charge in [-0.15, -0.1) is 0 Å². The van der Waals surface area contributed by atoms with Crippen LogP contribution in [0.25, 0.3) is 0 Å². The van der Waals surface area contributed by atoms with E-state index in [-0.39, 0.29) is 12.5 Å². The van der Waals surface area contributed by atoms with Gasteiger partial charge >= 0.3 is 6.09 Å². The Morgan fingerprint density at radius 1 is 1.23 bits per heavy atom. The lowest BCUT2D eigenvalue weighted by molar-refractivity contribution is -0.0911. The van der Waals surface area contributed by atoms with E-state index in [1.54, 1.807) is 62.2 Å². The lowest BCUT2D eigenvalue weighted by atomic mass is 9.98. The number of fused-ring (bicyclic) bond motifs is 3. The molecule has 2 amide bonds. The number of pyridine rings is 1. The summed E-state index contributed by atoms with van der Waals surface area (Å²) in [5.74, 6) is -1.85. The van der Waals surface area contributed by atoms with Crippen LogP contribution < -0.4 is 5.32 Å². The van der Waals surface area contributed by atoms with E-state index in [0.717, 1.165) is 10.0 Å². The summed E-state index contributed by atoms with van der Waals surface area (Å²) in [4.78, 5) is 32.5. The molecule has 31 heavy (non-hydrogen) atoms. The molecule has 1 unspecified atom stereocenters. The van der Waals surface area contributed by atoms with Crippen molar-refractivity contribution in [1.29, 1.82) is 0 Å². The van der Waals surface area contributed by atoms with Crippen LogP contribution in [-0.2, 0) is 17.1 Å². The van der Waals surface area contributed by atoms with Crippen LogP contribution in [-0.4, -0.2) is 52.0 Å². The van der Waals surface area contributed by atoms with E-state index in [9.17, 15) is 9.59 Å². The van der Waals surface area contributed by atoms with Gasteiger partial charge in [0, 0.05) is 41.4 Å². The van der Waals surface area contributed by atoms with E-state index in [2.05, 4.69) is 26.2 Å². The number of alkyl halides is 1. The maximum Gasteiger partial charge on any atom is 0.410 e. The maximum absolute atomic E-state index is 16.2. The third kappa shape index (κ3) is 4.43. The molecule has 0 radical (unpaired) electrons. The van der Waals surface area contributed by atoms with Crippen molar-refractivity contribution in [3.8, 4) is 0 Å². The van der Waals surface area contributed by atoms with E-state index in [1.165, 1.54) is 4.90 Å². The molecule has 7 nitrogen and oxygen atoms in total. The molecule has 1 aromatic carbocycles. The normalized spacial score (nSPS) is 20.7. The summed E-state index contributed by atoms with van der Waals surface area (Å²) < 4.78 is 22.5. The first-order valence-corrected chi connectivity index (χ1v) is 10.8. The average molecular weight is 491 g/mol. The molecule has 9 heteroatoms. The van der Waals surface area contributed by atoms with Crippen molar-refractivity contribution in [2.75, 3.05) is 25.0 Å². The Morgan fingerprint density at radius 3 is 2.71 bits per heavy atom. The summed E-state index contributed by atoms with van der Waals surface area (Å²) >= 11 is 3.34. The van der Waals surface area contributed by atoms with Gasteiger partial charge in [-0.05, 0) is 50.6 Å². The first-order chi connectivity index (χ1) is 14.5. The Balaban J connectivity index is 1.57. The Hall–Kier alpha value is -2.52. The monoisotopic (exact) mass is 490 g/mol. The highest BCUT2D eigenvalue weighted by molar-refractivity contribution is 9.10. The van der Waals surface area contributed by atoms with Crippen molar-refractivity contribution in [1.82, 2.24) is 14.8 Å². The largest absolute Gasteiger partial charge is 0.444 e. The van der Waals surface area contributed by atoms with Gasteiger partial charge in [0.15, 0.2) is 0 Å². The number of hydrogen-bond donors (Lipinski definition) is 1. The molecule has 2 aromatic rings. The topological polar surface area (TPSA) is 74.8 Å². The van der Waals surface area contributed by atoms with Crippen LogP contribution in [0.15, 0.2) is 41.0 Å². The Kier molecular flexibility index (Phi) is 5.51. The van der Waals surface area contributed by atoms with Gasteiger partial charge in [0.2, 0.25) is 5.79 Å². The lowest BCUT2D eigenvalue weighted by Gasteiger charge is -2.42. The molecule has 1 N–H and O–H groups in total. The minimum Gasteiger partial charge on any atom is -0.444 e. The fraction of sp³-hybridized carbons (Fsp3) is 0.409. The van der Waals surface area contributed by atoms with Crippen LogP contribution >= 0.6 is 15.9 Å². The molecule has 0 spiro atoms. The molecule has 2 aliphatic heterocycles. The molecule has 164 valence electrons. The molecule has 1 atom stereocenters. The second-order valence-electron chi connectivity index (χ2n) is 8.77. The van der Waals surface area contributed by atoms with Gasteiger partial charge in [-0.1, -0.05) is 22.0 Å². The van der Waals surface area contributed by atoms with Crippen molar-refractivity contribution >= 4 is 33.7 Å². The Bertz CT molecular complexity index is 1040. The number of carbonyl (C=O) groups is 2. The molecular weight excluding hydrogens is 467 g/mol. The SMILES string of the molecule is CC(C)(C)OC(=O)N1CCN2Cc3ccc(C(=O)Nc4cc(Br)ccn4)cc3C2(F)C1. The average Bonchev–Trinajstić information content (AvgIpc) is 2.97. The quantitative estimate of drug-likeness (QED) is 0.635. The fourth-order valence-corrected chi connectivity index (χ4v) is 4.21. The second kappa shape index (κ2) is 7.87. The number of nitrogens with one attached hydrogen (secondary N) is 1. The highest BCUT2D eigenvalue weighted by atomic mass is 79.9. The third-order valence-corrected chi connectivity index (χ3v) is 5.80. The van der Waals surface area contributed by atoms with Gasteiger partial charge in [-0.2, -0.15) is 0 Å². The van der Waals surface area contributed by atoms with Crippen LogP contribution in [0, 0.1) is 0 Å². The van der Waals surface area contributed by atoms with E-state index in [1.807, 2.05) is 0 Å². The van der Waals surface area contributed by atoms with E-state index < -0.39 is 17.5 Å². The van der Waals surface area contributed by atoms with Crippen molar-refractivity contribution in [3.63, 3.8) is 0 Å². The van der Waals surface area contributed by atoms with Crippen molar-refractivity contribution in [2.24, 2.45) is 0 Å². The lowest BCUT2D eigenvalue weighted by Crippen LogP contribution is -2.57. The molecule has 1 fully saturated rings. The minimum atomic E-state index is -1.87. The minimum absolute atomic E-state index is 0.146. The van der Waals surface area contributed by atoms with Crippen molar-refractivity contribution in [2.45, 2.75) is 38.7 Å². The van der Waals surface area contributed by atoms with Gasteiger partial charge < -0.3 is 15.0 Å². The summed E-state index contributed by atoms with van der Waals surface area (Å²) in [6.45, 7) is 6.40. The number of piperazine rings is 1. The van der Waals surface area contributed by atoms with Gasteiger partial charge in [0.25, 0.3) is 5.91 Å². The summed E-state index contributed by atoms with van der Waals surface area (Å²) in [6.07, 6.45) is 1.04. The maximum atomic E-state index is 16.2. The van der Waals surface area contributed by atoms with E-state index in [0.29, 0.717) is 36.6 Å². The Labute approximate surface area is 188 Å². The van der Waals surface area contributed by atoms with Crippen molar-refractivity contribution < 1.29 is 18.7 Å². The molecule has 0 aliphatic carbocycles. The van der Waals surface area contributed by atoms with Gasteiger partial charge in [-0.3, -0.25) is 9.69 Å². The van der Waals surface area contributed by atoms with Crippen LogP contribution in [0.5, 0.6) is 0 Å². The highest BCUT2D eigenvalue weighted by Crippen LogP contribution is 2.43. The molecule has 0 bridgehead atoms. The summed E-state index contributed by atoms with van der Waals surface area (Å²) in [5, 5.41) is 2.73. The number of ether oxygens (including phenoxy) is 1. The Morgan fingerprint density at radius 2 is 2.00 bits per heavy atom. The number of benzene rings is 1. The smallest absolute Gasteiger partial charge is 0.410 e. The summed E-state index contributed by atoms with van der Waals surface area (Å²) in [5.41, 5.74) is 0.895. The fourth-order valence-electron chi connectivity index (χ4n) is 3.87. The number of nitrogens with zero attached hydrogens (tertiary/aromatic N) is 3. The van der Waals surface area contributed by atoms with Gasteiger partial charge in [-0.25, -0.2) is 14.2 Å². The van der Waals surface area contributed by atoms with Crippen LogP contribution in [0.2, 0.25) is 0 Å². The number of amides is 2. The number of carbonyl (C=O) groups excluding carboxylic acids is 2. The zero-order valence-electron chi connectivity index (χ0n) is 17.6. The van der Waals surface area contributed by atoms with Gasteiger partial charge in [0.1, 0.15) is 11.4 Å². The molecule has 4 rings (SSSR count). The zero-order valence-corrected chi connectivity index (χ0v) is 19.2. The van der Waals surface area contributed by atoms with Crippen molar-refractivity contribution in [3.05, 3.63) is 57.7 Å². The molecular formula is C22H24BrFN4O3. The highest BCUT2D eigenvalue weighted by Gasteiger charge is 2.51. The van der Waals surface area contributed by atoms with E-state index in [4.69, 9.17) is 4.74 Å².